The molecule has 0 fully saturated rings. The van der Waals surface area contributed by atoms with Gasteiger partial charge in [0, 0.05) is 23.7 Å². The topological polar surface area (TPSA) is 84.3 Å². The number of rotatable bonds is 5. The molecule has 0 aliphatic rings. The number of anilines is 1. The molecule has 7 heteroatoms. The van der Waals surface area contributed by atoms with E-state index in [1.807, 2.05) is 19.1 Å². The first-order valence-electron chi connectivity index (χ1n) is 6.95. The Bertz CT molecular complexity index is 732. The lowest BCUT2D eigenvalue weighted by Gasteiger charge is -2.14. The van der Waals surface area contributed by atoms with Gasteiger partial charge in [0.2, 0.25) is 0 Å². The second kappa shape index (κ2) is 7.11. The van der Waals surface area contributed by atoms with E-state index in [-0.39, 0.29) is 23.2 Å². The first-order valence-corrected chi connectivity index (χ1v) is 7.32. The number of nitrogens with one attached hydrogen (secondary N) is 2. The van der Waals surface area contributed by atoms with Gasteiger partial charge in [-0.05, 0) is 36.8 Å². The Morgan fingerprint density at radius 1 is 1.22 bits per heavy atom. The second-order valence-electron chi connectivity index (χ2n) is 4.99. The maximum Gasteiger partial charge on any atom is 0.293 e. The Morgan fingerprint density at radius 2 is 1.87 bits per heavy atom. The lowest BCUT2D eigenvalue weighted by atomic mass is 10.1. The van der Waals surface area contributed by atoms with E-state index < -0.39 is 4.92 Å². The van der Waals surface area contributed by atoms with Crippen molar-refractivity contribution in [3.8, 4) is 0 Å². The van der Waals surface area contributed by atoms with Gasteiger partial charge in [0.1, 0.15) is 5.69 Å². The van der Waals surface area contributed by atoms with E-state index in [2.05, 4.69) is 10.6 Å². The number of hydrogen-bond acceptors (Lipinski definition) is 4. The Balaban J connectivity index is 2.18. The largest absolute Gasteiger partial charge is 0.383 e. The first kappa shape index (κ1) is 16.8. The molecule has 0 heterocycles. The quantitative estimate of drug-likeness (QED) is 0.644. The monoisotopic (exact) mass is 333 g/mol. The van der Waals surface area contributed by atoms with Gasteiger partial charge in [0.15, 0.2) is 0 Å². The van der Waals surface area contributed by atoms with Crippen molar-refractivity contribution in [2.75, 3.05) is 12.4 Å². The number of benzene rings is 2. The summed E-state index contributed by atoms with van der Waals surface area (Å²) in [5, 5.41) is 17.2. The van der Waals surface area contributed by atoms with Gasteiger partial charge in [0.05, 0.1) is 11.0 Å². The third-order valence-electron chi connectivity index (χ3n) is 3.44. The van der Waals surface area contributed by atoms with Crippen LogP contribution in [-0.4, -0.2) is 17.9 Å². The molecule has 0 aromatic heterocycles. The van der Waals surface area contributed by atoms with Crippen LogP contribution in [0.3, 0.4) is 0 Å². The van der Waals surface area contributed by atoms with Gasteiger partial charge in [-0.2, -0.15) is 0 Å². The molecule has 0 bridgehead atoms. The molecule has 2 aromatic rings. The van der Waals surface area contributed by atoms with Crippen molar-refractivity contribution >= 4 is 28.9 Å². The predicted octanol–water partition coefficient (Wildman–Crippen LogP) is 3.78. The van der Waals surface area contributed by atoms with Crippen LogP contribution in [0, 0.1) is 10.1 Å². The number of nitro benzene ring substituents is 1. The van der Waals surface area contributed by atoms with Gasteiger partial charge in [-0.3, -0.25) is 14.9 Å². The standard InChI is InChI=1S/C16H16ClN3O3/c1-10(11-3-6-13(17)7-4-11)19-16(21)12-5-8-14(18-2)15(9-12)20(22)23/h3-10,18H,1-2H3,(H,19,21)/t10-/m0/s1. The van der Waals surface area contributed by atoms with Crippen molar-refractivity contribution in [3.63, 3.8) is 0 Å². The van der Waals surface area contributed by atoms with Crippen molar-refractivity contribution < 1.29 is 9.72 Å². The summed E-state index contributed by atoms with van der Waals surface area (Å²) >= 11 is 5.84. The van der Waals surface area contributed by atoms with Crippen LogP contribution in [0.2, 0.25) is 5.02 Å². The van der Waals surface area contributed by atoms with E-state index in [0.717, 1.165) is 5.56 Å². The van der Waals surface area contributed by atoms with E-state index in [4.69, 9.17) is 11.6 Å². The number of carbonyl (C=O) groups excluding carboxylic acids is 1. The van der Waals surface area contributed by atoms with Crippen LogP contribution in [0.5, 0.6) is 0 Å². The predicted molar refractivity (Wildman–Crippen MR) is 90.0 cm³/mol. The fraction of sp³-hybridized carbons (Fsp3) is 0.188. The lowest BCUT2D eigenvalue weighted by molar-refractivity contribution is -0.384. The van der Waals surface area contributed by atoms with Crippen LogP contribution in [0.1, 0.15) is 28.9 Å². The highest BCUT2D eigenvalue weighted by atomic mass is 35.5. The zero-order valence-electron chi connectivity index (χ0n) is 12.7. The summed E-state index contributed by atoms with van der Waals surface area (Å²) < 4.78 is 0. The first-order chi connectivity index (χ1) is 10.9. The van der Waals surface area contributed by atoms with Crippen molar-refractivity contribution in [1.29, 1.82) is 0 Å². The molecule has 1 atom stereocenters. The van der Waals surface area contributed by atoms with E-state index in [9.17, 15) is 14.9 Å². The molecule has 0 saturated heterocycles. The summed E-state index contributed by atoms with van der Waals surface area (Å²) in [5.41, 5.74) is 1.34. The molecular weight excluding hydrogens is 318 g/mol. The minimum absolute atomic E-state index is 0.140. The number of halogens is 1. The summed E-state index contributed by atoms with van der Waals surface area (Å²) in [6.07, 6.45) is 0. The fourth-order valence-electron chi connectivity index (χ4n) is 2.15. The average Bonchev–Trinajstić information content (AvgIpc) is 2.54. The maximum absolute atomic E-state index is 12.3. The Labute approximate surface area is 138 Å². The number of amides is 1. The summed E-state index contributed by atoms with van der Waals surface area (Å²) in [6, 6.07) is 11.2. The van der Waals surface area contributed by atoms with E-state index >= 15 is 0 Å². The molecule has 0 radical (unpaired) electrons. The van der Waals surface area contributed by atoms with Gasteiger partial charge in [-0.1, -0.05) is 23.7 Å². The molecular formula is C16H16ClN3O3. The normalized spacial score (nSPS) is 11.6. The molecule has 0 unspecified atom stereocenters. The number of carbonyl (C=O) groups is 1. The van der Waals surface area contributed by atoms with E-state index in [1.165, 1.54) is 12.1 Å². The van der Waals surface area contributed by atoms with Crippen LogP contribution in [0.15, 0.2) is 42.5 Å². The van der Waals surface area contributed by atoms with Crippen LogP contribution < -0.4 is 10.6 Å². The molecule has 0 aliphatic carbocycles. The Kier molecular flexibility index (Phi) is 5.18. The maximum atomic E-state index is 12.3. The van der Waals surface area contributed by atoms with E-state index in [0.29, 0.717) is 10.7 Å². The Hall–Kier alpha value is -2.60. The second-order valence-corrected chi connectivity index (χ2v) is 5.42. The minimum Gasteiger partial charge on any atom is -0.383 e. The van der Waals surface area contributed by atoms with Crippen LogP contribution in [0.25, 0.3) is 0 Å². The van der Waals surface area contributed by atoms with Crippen molar-refractivity contribution in [1.82, 2.24) is 5.32 Å². The lowest BCUT2D eigenvalue weighted by Crippen LogP contribution is -2.26. The molecule has 2 aromatic carbocycles. The summed E-state index contributed by atoms with van der Waals surface area (Å²) in [6.45, 7) is 1.83. The van der Waals surface area contributed by atoms with E-state index in [1.54, 1.807) is 25.2 Å². The zero-order valence-corrected chi connectivity index (χ0v) is 13.4. The van der Waals surface area contributed by atoms with Crippen LogP contribution >= 0.6 is 11.6 Å². The molecule has 0 spiro atoms. The van der Waals surface area contributed by atoms with Crippen LogP contribution in [0.4, 0.5) is 11.4 Å². The number of nitrogens with zero attached hydrogens (tertiary/aromatic N) is 1. The third-order valence-corrected chi connectivity index (χ3v) is 3.70. The number of nitro groups is 1. The van der Waals surface area contributed by atoms with Crippen molar-refractivity contribution in [2.24, 2.45) is 0 Å². The van der Waals surface area contributed by atoms with Gasteiger partial charge in [-0.15, -0.1) is 0 Å². The fourth-order valence-corrected chi connectivity index (χ4v) is 2.28. The highest BCUT2D eigenvalue weighted by molar-refractivity contribution is 6.30. The van der Waals surface area contributed by atoms with Crippen molar-refractivity contribution in [2.45, 2.75) is 13.0 Å². The molecule has 0 aliphatic heterocycles. The highest BCUT2D eigenvalue weighted by Crippen LogP contribution is 2.25. The highest BCUT2D eigenvalue weighted by Gasteiger charge is 2.18. The summed E-state index contributed by atoms with van der Waals surface area (Å²) in [4.78, 5) is 22.8. The molecule has 2 N–H and O–H groups in total. The summed E-state index contributed by atoms with van der Waals surface area (Å²) in [7, 11) is 1.59. The Morgan fingerprint density at radius 3 is 2.43 bits per heavy atom. The molecule has 1 amide bonds. The molecule has 0 saturated carbocycles. The molecule has 2 rings (SSSR count). The van der Waals surface area contributed by atoms with Crippen molar-refractivity contribution in [3.05, 3.63) is 68.7 Å². The van der Waals surface area contributed by atoms with Gasteiger partial charge < -0.3 is 10.6 Å². The number of hydrogen-bond donors (Lipinski definition) is 2. The smallest absolute Gasteiger partial charge is 0.293 e. The molecule has 120 valence electrons. The average molecular weight is 334 g/mol. The summed E-state index contributed by atoms with van der Waals surface area (Å²) in [5.74, 6) is -0.377. The van der Waals surface area contributed by atoms with Gasteiger partial charge in [0.25, 0.3) is 11.6 Å². The van der Waals surface area contributed by atoms with Gasteiger partial charge in [-0.25, -0.2) is 0 Å². The van der Waals surface area contributed by atoms with Crippen LogP contribution in [-0.2, 0) is 0 Å². The minimum atomic E-state index is -0.523. The third kappa shape index (κ3) is 3.98. The molecule has 6 nitrogen and oxygen atoms in total. The van der Waals surface area contributed by atoms with Gasteiger partial charge >= 0.3 is 0 Å². The zero-order chi connectivity index (χ0) is 17.0. The SMILES string of the molecule is CNc1ccc(C(=O)N[C@@H](C)c2ccc(Cl)cc2)cc1[N+](=O)[O-]. The molecule has 23 heavy (non-hydrogen) atoms.